The summed E-state index contributed by atoms with van der Waals surface area (Å²) in [5, 5.41) is 3.04. The molecule has 0 aliphatic heterocycles. The van der Waals surface area contributed by atoms with E-state index in [0.29, 0.717) is 30.3 Å². The molecule has 0 aromatic carbocycles. The zero-order valence-electron chi connectivity index (χ0n) is 50.0. The minimum atomic E-state index is -4.46. The Morgan fingerprint density at radius 3 is 1.29 bits per heavy atom. The van der Waals surface area contributed by atoms with Crippen molar-refractivity contribution in [3.05, 3.63) is 97.2 Å². The number of hydrogen-bond acceptors (Lipinski definition) is 6. The Balaban J connectivity index is 5.33. The number of allylic oxidation sites excluding steroid dienone is 15. The Kier molecular flexibility index (Phi) is 53.0. The number of unbranched alkanes of at least 4 members (excludes halogenated alkanes) is 25. The molecule has 0 aromatic rings. The van der Waals surface area contributed by atoms with Gasteiger partial charge in [0.25, 0.3) is 0 Å². The highest BCUT2D eigenvalue weighted by Gasteiger charge is 2.30. The number of quaternary nitrogens is 1. The van der Waals surface area contributed by atoms with Crippen LogP contribution in [0, 0.1) is 0 Å². The fourth-order valence-electron chi connectivity index (χ4n) is 8.47. The lowest BCUT2D eigenvalue weighted by Crippen LogP contribution is -2.47. The zero-order chi connectivity index (χ0) is 55.7. The number of esters is 1. The van der Waals surface area contributed by atoms with Gasteiger partial charge in [0.15, 0.2) is 0 Å². The predicted octanol–water partition coefficient (Wildman–Crippen LogP) is 19.2. The fourth-order valence-corrected chi connectivity index (χ4v) is 9.20. The molecule has 0 spiro atoms. The van der Waals surface area contributed by atoms with Gasteiger partial charge in [-0.05, 0) is 109 Å². The minimum absolute atomic E-state index is 0.0284. The van der Waals surface area contributed by atoms with Crippen molar-refractivity contribution in [2.24, 2.45) is 0 Å². The lowest BCUT2D eigenvalue weighted by molar-refractivity contribution is -0.870. The van der Waals surface area contributed by atoms with E-state index in [1.165, 1.54) is 103 Å². The molecule has 0 heterocycles. The van der Waals surface area contributed by atoms with Gasteiger partial charge in [-0.1, -0.05) is 234 Å². The number of nitrogens with one attached hydrogen (secondary N) is 1. The number of phosphoric ester groups is 1. The maximum absolute atomic E-state index is 13.5. The summed E-state index contributed by atoms with van der Waals surface area (Å²) in [6.07, 6.45) is 74.0. The quantitative estimate of drug-likeness (QED) is 0.0205. The summed E-state index contributed by atoms with van der Waals surface area (Å²) in [5.74, 6) is -0.555. The first-order valence-electron chi connectivity index (χ1n) is 31.1. The van der Waals surface area contributed by atoms with Crippen LogP contribution in [-0.4, -0.2) is 74.3 Å². The monoisotopic (exact) mass is 1080 g/mol. The zero-order valence-corrected chi connectivity index (χ0v) is 50.9. The van der Waals surface area contributed by atoms with Gasteiger partial charge in [-0.2, -0.15) is 0 Å². The van der Waals surface area contributed by atoms with Crippen LogP contribution in [0.15, 0.2) is 97.2 Å². The summed E-state index contributed by atoms with van der Waals surface area (Å²) in [6.45, 7) is 6.86. The Morgan fingerprint density at radius 1 is 0.474 bits per heavy atom. The molecule has 3 unspecified atom stereocenters. The molecule has 0 saturated carbocycles. The number of nitrogens with zero attached hydrogens (tertiary/aromatic N) is 1. The summed E-state index contributed by atoms with van der Waals surface area (Å²) in [4.78, 5) is 37.7. The first-order chi connectivity index (χ1) is 36.9. The highest BCUT2D eigenvalue weighted by atomic mass is 31.2. The summed E-state index contributed by atoms with van der Waals surface area (Å²) < 4.78 is 30.7. The minimum Gasteiger partial charge on any atom is -0.456 e. The van der Waals surface area contributed by atoms with Gasteiger partial charge in [0.05, 0.1) is 33.8 Å². The van der Waals surface area contributed by atoms with Gasteiger partial charge in [0, 0.05) is 12.8 Å². The fraction of sp³-hybridized carbons (Fsp3) is 0.727. The van der Waals surface area contributed by atoms with Crippen LogP contribution in [0.25, 0.3) is 0 Å². The van der Waals surface area contributed by atoms with Crippen LogP contribution >= 0.6 is 7.82 Å². The van der Waals surface area contributed by atoms with E-state index < -0.39 is 20.0 Å². The lowest BCUT2D eigenvalue weighted by atomic mass is 10.0. The summed E-state index contributed by atoms with van der Waals surface area (Å²) in [6, 6.07) is -0.873. The largest absolute Gasteiger partial charge is 0.472 e. The van der Waals surface area contributed by atoms with E-state index >= 15 is 0 Å². The van der Waals surface area contributed by atoms with Crippen molar-refractivity contribution in [1.82, 2.24) is 5.32 Å². The number of ether oxygens (including phenoxy) is 1. The van der Waals surface area contributed by atoms with E-state index in [0.717, 1.165) is 109 Å². The van der Waals surface area contributed by atoms with Crippen LogP contribution in [0.4, 0.5) is 0 Å². The second-order valence-electron chi connectivity index (χ2n) is 21.8. The van der Waals surface area contributed by atoms with E-state index in [9.17, 15) is 19.0 Å². The average Bonchev–Trinajstić information content (AvgIpc) is 3.38. The van der Waals surface area contributed by atoms with Crippen LogP contribution < -0.4 is 5.32 Å². The van der Waals surface area contributed by atoms with Crippen molar-refractivity contribution in [2.75, 3.05) is 40.9 Å². The lowest BCUT2D eigenvalue weighted by Gasteiger charge is -2.27. The van der Waals surface area contributed by atoms with E-state index in [4.69, 9.17) is 13.8 Å². The molecular formula is C66H118N2O7P+. The summed E-state index contributed by atoms with van der Waals surface area (Å²) >= 11 is 0. The molecule has 0 aliphatic rings. The maximum atomic E-state index is 13.5. The normalized spacial score (nSPS) is 14.4. The molecule has 0 aliphatic carbocycles. The molecule has 1 amide bonds. The van der Waals surface area contributed by atoms with Crippen molar-refractivity contribution in [1.29, 1.82) is 0 Å². The number of phosphoric acid groups is 1. The van der Waals surface area contributed by atoms with Crippen LogP contribution in [-0.2, 0) is 27.9 Å². The topological polar surface area (TPSA) is 111 Å². The van der Waals surface area contributed by atoms with E-state index in [1.54, 1.807) is 0 Å². The van der Waals surface area contributed by atoms with Crippen molar-refractivity contribution >= 4 is 19.7 Å². The third-order valence-electron chi connectivity index (χ3n) is 13.3. The number of carbonyl (C=O) groups is 2. The van der Waals surface area contributed by atoms with Crippen LogP contribution in [0.1, 0.15) is 258 Å². The molecule has 0 rings (SSSR count). The molecule has 0 saturated heterocycles. The highest BCUT2D eigenvalue weighted by molar-refractivity contribution is 7.47. The predicted molar refractivity (Wildman–Crippen MR) is 327 cm³/mol. The van der Waals surface area contributed by atoms with Gasteiger partial charge in [0.1, 0.15) is 19.3 Å². The molecule has 0 fully saturated rings. The van der Waals surface area contributed by atoms with Crippen LogP contribution in [0.2, 0.25) is 0 Å². The Labute approximate surface area is 468 Å². The Bertz CT molecular complexity index is 1620. The Hall–Kier alpha value is -3.07. The Morgan fingerprint density at radius 2 is 0.842 bits per heavy atom. The van der Waals surface area contributed by atoms with Gasteiger partial charge in [-0.3, -0.25) is 18.6 Å². The van der Waals surface area contributed by atoms with Crippen LogP contribution in [0.3, 0.4) is 0 Å². The second kappa shape index (κ2) is 55.3. The van der Waals surface area contributed by atoms with Gasteiger partial charge in [-0.15, -0.1) is 0 Å². The molecule has 9 nitrogen and oxygen atoms in total. The molecule has 3 atom stereocenters. The van der Waals surface area contributed by atoms with Gasteiger partial charge >= 0.3 is 13.8 Å². The number of rotatable bonds is 55. The number of amides is 1. The van der Waals surface area contributed by atoms with E-state index in [-0.39, 0.29) is 31.5 Å². The van der Waals surface area contributed by atoms with Gasteiger partial charge in [0.2, 0.25) is 5.91 Å². The van der Waals surface area contributed by atoms with Crippen molar-refractivity contribution < 1.29 is 37.3 Å². The standard InChI is InChI=1S/C66H117N2O7P/c1-7-10-13-16-19-22-25-28-30-31-32-33-34-35-36-37-38-40-43-46-49-52-55-58-65(69)67-63(62-74-76(71,72)73-61-60-68(4,5)6)64(57-54-51-48-45-42-39-27-24-21-18-15-12-9-3)75-66(70)59-56-53-50-47-44-41-29-26-23-20-17-14-11-8-2/h10,13,19,22,28,30,32-33,35-36,38,40-41,44,54,57,63-64H,7-9,11-12,14-18,20-21,23-27,29,31,34,37,39,42-43,45-53,55-56,58-62H2,1-6H3,(H-,67,69,71,72)/p+1/b13-10-,22-19-,30-28-,33-32-,36-35-,40-38-,44-41-,57-54-. The average molecular weight is 1080 g/mol. The smallest absolute Gasteiger partial charge is 0.456 e. The van der Waals surface area contributed by atoms with Crippen molar-refractivity contribution in [3.63, 3.8) is 0 Å². The molecule has 10 heteroatoms. The van der Waals surface area contributed by atoms with Crippen LogP contribution in [0.5, 0.6) is 0 Å². The molecule has 2 N–H and O–H groups in total. The molecule has 438 valence electrons. The van der Waals surface area contributed by atoms with Gasteiger partial charge < -0.3 is 19.4 Å². The first kappa shape index (κ1) is 72.9. The molecule has 0 bridgehead atoms. The molecule has 0 aromatic heterocycles. The molecular weight excluding hydrogens is 964 g/mol. The molecule has 76 heavy (non-hydrogen) atoms. The number of hydrogen-bond donors (Lipinski definition) is 2. The third-order valence-corrected chi connectivity index (χ3v) is 14.2. The number of likely N-dealkylation sites (N-methyl/N-ethyl adjacent to an activating group) is 1. The second-order valence-corrected chi connectivity index (χ2v) is 23.3. The summed E-state index contributed by atoms with van der Waals surface area (Å²) in [7, 11) is 1.46. The van der Waals surface area contributed by atoms with E-state index in [2.05, 4.69) is 111 Å². The first-order valence-corrected chi connectivity index (χ1v) is 32.6. The number of carbonyl (C=O) groups excluding carboxylic acids is 2. The summed E-state index contributed by atoms with van der Waals surface area (Å²) in [5.41, 5.74) is 0. The van der Waals surface area contributed by atoms with Crippen molar-refractivity contribution in [3.8, 4) is 0 Å². The molecule has 0 radical (unpaired) electrons. The maximum Gasteiger partial charge on any atom is 0.472 e. The van der Waals surface area contributed by atoms with Crippen molar-refractivity contribution in [2.45, 2.75) is 270 Å². The van der Waals surface area contributed by atoms with Gasteiger partial charge in [-0.25, -0.2) is 4.57 Å². The van der Waals surface area contributed by atoms with E-state index in [1.807, 2.05) is 33.3 Å². The third kappa shape index (κ3) is 55.7. The highest BCUT2D eigenvalue weighted by Crippen LogP contribution is 2.43. The SMILES string of the molecule is CC/C=C\C/C=C\C/C=C\C/C=C\C/C=C\C/C=C\CCCCCCC(=O)NC(COP(=O)(O)OCC[N+](C)(C)C)C(/C=C\CCCCCCCCCCCCC)OC(=O)CCCCC/C=C\CCCCCCCCC.